The Hall–Kier alpha value is -2.31. The molecule has 0 amide bonds. The molecule has 2 rings (SSSR count). The number of nitrogen functional groups attached to an aromatic ring is 1. The topological polar surface area (TPSA) is 99.1 Å². The van der Waals surface area contributed by atoms with Gasteiger partial charge in [0.2, 0.25) is 12.3 Å². The summed E-state index contributed by atoms with van der Waals surface area (Å²) in [5, 5.41) is 6.89. The molecule has 2 heterocycles. The van der Waals surface area contributed by atoms with Crippen LogP contribution >= 0.6 is 0 Å². The highest BCUT2D eigenvalue weighted by molar-refractivity contribution is 5.53. The Morgan fingerprint density at radius 3 is 3.05 bits per heavy atom. The number of nitrogens with two attached hydrogens (primary N) is 1. The Labute approximate surface area is 111 Å². The van der Waals surface area contributed by atoms with Gasteiger partial charge in [-0.1, -0.05) is 12.1 Å². The maximum Gasteiger partial charge on any atom is 0.239 e. The fraction of sp³-hybridized carbons (Fsp3) is 0.417. The first-order valence-electron chi connectivity index (χ1n) is 6.18. The Balaban J connectivity index is 1.89. The van der Waals surface area contributed by atoms with Crippen LogP contribution < -0.4 is 15.8 Å². The summed E-state index contributed by atoms with van der Waals surface area (Å²) < 4.78 is 10.1. The van der Waals surface area contributed by atoms with Crippen LogP contribution in [0.3, 0.4) is 0 Å². The van der Waals surface area contributed by atoms with Crippen molar-refractivity contribution in [1.82, 2.24) is 15.1 Å². The van der Waals surface area contributed by atoms with Crippen molar-refractivity contribution in [1.29, 1.82) is 0 Å². The Kier molecular flexibility index (Phi) is 4.54. The number of hydrogen-bond acceptors (Lipinski definition) is 7. The third-order valence-corrected chi connectivity index (χ3v) is 2.39. The van der Waals surface area contributed by atoms with E-state index in [0.29, 0.717) is 42.8 Å². The van der Waals surface area contributed by atoms with Gasteiger partial charge in [-0.3, -0.25) is 0 Å². The first kappa shape index (κ1) is 13.1. The SMILES string of the molecule is CCCOc1nc(NCCc2ncon2)ccc1N. The summed E-state index contributed by atoms with van der Waals surface area (Å²) in [6.07, 6.45) is 2.89. The molecule has 0 unspecified atom stereocenters. The lowest BCUT2D eigenvalue weighted by atomic mass is 10.3. The monoisotopic (exact) mass is 263 g/mol. The molecule has 2 aromatic heterocycles. The second-order valence-corrected chi connectivity index (χ2v) is 3.96. The summed E-state index contributed by atoms with van der Waals surface area (Å²) in [6.45, 7) is 3.29. The zero-order valence-electron chi connectivity index (χ0n) is 10.8. The van der Waals surface area contributed by atoms with Crippen LogP contribution in [0.4, 0.5) is 11.5 Å². The van der Waals surface area contributed by atoms with Crippen LogP contribution in [0.5, 0.6) is 5.88 Å². The van der Waals surface area contributed by atoms with Crippen molar-refractivity contribution < 1.29 is 9.26 Å². The predicted molar refractivity (Wildman–Crippen MR) is 70.9 cm³/mol. The summed E-state index contributed by atoms with van der Waals surface area (Å²) in [7, 11) is 0. The molecule has 0 fully saturated rings. The molecule has 0 bridgehead atoms. The van der Waals surface area contributed by atoms with Crippen molar-refractivity contribution in [3.05, 3.63) is 24.4 Å². The minimum absolute atomic E-state index is 0.464. The van der Waals surface area contributed by atoms with Crippen LogP contribution in [0.25, 0.3) is 0 Å². The smallest absolute Gasteiger partial charge is 0.239 e. The zero-order chi connectivity index (χ0) is 13.5. The molecular weight excluding hydrogens is 246 g/mol. The summed E-state index contributed by atoms with van der Waals surface area (Å²) in [6, 6.07) is 3.58. The van der Waals surface area contributed by atoms with Crippen LogP contribution in [0.1, 0.15) is 19.2 Å². The van der Waals surface area contributed by atoms with E-state index in [1.807, 2.05) is 13.0 Å². The van der Waals surface area contributed by atoms with Crippen molar-refractivity contribution in [3.8, 4) is 5.88 Å². The molecule has 0 aliphatic carbocycles. The lowest BCUT2D eigenvalue weighted by Crippen LogP contribution is -2.09. The Morgan fingerprint density at radius 2 is 2.32 bits per heavy atom. The largest absolute Gasteiger partial charge is 0.476 e. The molecule has 102 valence electrons. The minimum atomic E-state index is 0.464. The molecule has 7 nitrogen and oxygen atoms in total. The van der Waals surface area contributed by atoms with Gasteiger partial charge >= 0.3 is 0 Å². The van der Waals surface area contributed by atoms with Crippen LogP contribution in [0.15, 0.2) is 23.0 Å². The molecule has 0 aliphatic rings. The molecule has 0 aliphatic heterocycles. The number of ether oxygens (including phenoxy) is 1. The molecule has 0 radical (unpaired) electrons. The van der Waals surface area contributed by atoms with E-state index in [4.69, 9.17) is 10.5 Å². The molecule has 19 heavy (non-hydrogen) atoms. The quantitative estimate of drug-likeness (QED) is 0.780. The molecule has 2 aromatic rings. The van der Waals surface area contributed by atoms with Gasteiger partial charge in [-0.05, 0) is 18.6 Å². The van der Waals surface area contributed by atoms with Gasteiger partial charge in [-0.25, -0.2) is 0 Å². The van der Waals surface area contributed by atoms with Crippen molar-refractivity contribution >= 4 is 11.5 Å². The highest BCUT2D eigenvalue weighted by Gasteiger charge is 2.04. The Morgan fingerprint density at radius 1 is 1.42 bits per heavy atom. The van der Waals surface area contributed by atoms with Crippen molar-refractivity contribution in [2.45, 2.75) is 19.8 Å². The normalized spacial score (nSPS) is 10.4. The summed E-state index contributed by atoms with van der Waals surface area (Å²) in [5.41, 5.74) is 6.33. The molecular formula is C12H17N5O2. The van der Waals surface area contributed by atoms with E-state index < -0.39 is 0 Å². The second-order valence-electron chi connectivity index (χ2n) is 3.96. The highest BCUT2D eigenvalue weighted by Crippen LogP contribution is 2.20. The first-order valence-corrected chi connectivity index (χ1v) is 6.18. The average Bonchev–Trinajstić information content (AvgIpc) is 2.92. The molecule has 0 aromatic carbocycles. The van der Waals surface area contributed by atoms with E-state index in [1.165, 1.54) is 6.39 Å². The minimum Gasteiger partial charge on any atom is -0.476 e. The first-order chi connectivity index (χ1) is 9.29. The van der Waals surface area contributed by atoms with E-state index in [2.05, 4.69) is 25.0 Å². The zero-order valence-corrected chi connectivity index (χ0v) is 10.8. The molecule has 0 spiro atoms. The van der Waals surface area contributed by atoms with Crippen LogP contribution in [-0.4, -0.2) is 28.3 Å². The standard InChI is InChI=1S/C12H17N5O2/c1-2-7-18-12-9(13)3-4-10(16-12)14-6-5-11-15-8-19-17-11/h3-4,8H,2,5-7,13H2,1H3,(H,14,16). The maximum atomic E-state index is 5.79. The molecule has 0 atom stereocenters. The van der Waals surface area contributed by atoms with Crippen molar-refractivity contribution in [3.63, 3.8) is 0 Å². The van der Waals surface area contributed by atoms with Crippen LogP contribution in [-0.2, 0) is 6.42 Å². The van der Waals surface area contributed by atoms with E-state index >= 15 is 0 Å². The fourth-order valence-corrected chi connectivity index (χ4v) is 1.47. The van der Waals surface area contributed by atoms with E-state index in [-0.39, 0.29) is 0 Å². The molecule has 0 saturated heterocycles. The average molecular weight is 263 g/mol. The van der Waals surface area contributed by atoms with Crippen molar-refractivity contribution in [2.24, 2.45) is 0 Å². The van der Waals surface area contributed by atoms with E-state index in [9.17, 15) is 0 Å². The summed E-state index contributed by atoms with van der Waals surface area (Å²) in [5.74, 6) is 1.83. The third-order valence-electron chi connectivity index (χ3n) is 2.39. The van der Waals surface area contributed by atoms with Gasteiger partial charge < -0.3 is 20.3 Å². The Bertz CT molecular complexity index is 501. The number of anilines is 2. The number of rotatable bonds is 7. The fourth-order valence-electron chi connectivity index (χ4n) is 1.47. The second kappa shape index (κ2) is 6.58. The van der Waals surface area contributed by atoms with Gasteiger partial charge in [0.15, 0.2) is 5.82 Å². The van der Waals surface area contributed by atoms with Gasteiger partial charge in [-0.2, -0.15) is 9.97 Å². The molecule has 7 heteroatoms. The predicted octanol–water partition coefficient (Wildman–Crippen LogP) is 1.49. The highest BCUT2D eigenvalue weighted by atomic mass is 16.5. The third kappa shape index (κ3) is 3.84. The van der Waals surface area contributed by atoms with Gasteiger partial charge in [0.25, 0.3) is 0 Å². The van der Waals surface area contributed by atoms with Gasteiger partial charge in [0.1, 0.15) is 5.82 Å². The number of aromatic nitrogens is 3. The number of hydrogen-bond donors (Lipinski definition) is 2. The van der Waals surface area contributed by atoms with Gasteiger partial charge in [0, 0.05) is 13.0 Å². The summed E-state index contributed by atoms with van der Waals surface area (Å²) >= 11 is 0. The van der Waals surface area contributed by atoms with Gasteiger partial charge in [0.05, 0.1) is 12.3 Å². The van der Waals surface area contributed by atoms with Crippen LogP contribution in [0, 0.1) is 0 Å². The van der Waals surface area contributed by atoms with E-state index in [0.717, 1.165) is 6.42 Å². The van der Waals surface area contributed by atoms with Crippen LogP contribution in [0.2, 0.25) is 0 Å². The lowest BCUT2D eigenvalue weighted by molar-refractivity contribution is 0.307. The lowest BCUT2D eigenvalue weighted by Gasteiger charge is -2.09. The molecule has 0 saturated carbocycles. The number of nitrogens with zero attached hydrogens (tertiary/aromatic N) is 3. The summed E-state index contributed by atoms with van der Waals surface area (Å²) in [4.78, 5) is 8.24. The number of nitrogens with one attached hydrogen (secondary N) is 1. The van der Waals surface area contributed by atoms with E-state index in [1.54, 1.807) is 6.07 Å². The maximum absolute atomic E-state index is 5.79. The van der Waals surface area contributed by atoms with Gasteiger partial charge in [-0.15, -0.1) is 0 Å². The van der Waals surface area contributed by atoms with Crippen molar-refractivity contribution in [2.75, 3.05) is 24.2 Å². The molecule has 3 N–H and O–H groups in total. The number of pyridine rings is 1.